The van der Waals surface area contributed by atoms with Crippen LogP contribution in [0, 0.1) is 10.1 Å². The molecule has 0 saturated carbocycles. The average molecular weight is 255 g/mol. The van der Waals surface area contributed by atoms with E-state index in [1.807, 2.05) is 25.9 Å². The van der Waals surface area contributed by atoms with E-state index in [0.29, 0.717) is 24.5 Å². The Hall–Kier alpha value is -1.63. The molecule has 0 fully saturated rings. The molecule has 0 aromatic carbocycles. The van der Waals surface area contributed by atoms with E-state index < -0.39 is 0 Å². The molecule has 102 valence electrons. The molecule has 1 N–H and O–H groups in total. The highest BCUT2D eigenvalue weighted by atomic mass is 16.6. The summed E-state index contributed by atoms with van der Waals surface area (Å²) in [5.41, 5.74) is 0.703. The number of hydrogen-bond acceptors (Lipinski definition) is 5. The third-order valence-electron chi connectivity index (χ3n) is 2.79. The van der Waals surface area contributed by atoms with Crippen molar-refractivity contribution in [3.63, 3.8) is 0 Å². The highest BCUT2D eigenvalue weighted by Crippen LogP contribution is 2.31. The van der Waals surface area contributed by atoms with Crippen molar-refractivity contribution in [1.82, 2.24) is 15.1 Å². The van der Waals surface area contributed by atoms with Crippen LogP contribution in [0.5, 0.6) is 0 Å². The topological polar surface area (TPSA) is 76.2 Å². The predicted molar refractivity (Wildman–Crippen MR) is 71.1 cm³/mol. The van der Waals surface area contributed by atoms with Crippen LogP contribution in [0.1, 0.15) is 19.0 Å². The number of anilines is 1. The lowest BCUT2D eigenvalue weighted by atomic mass is 10.2. The van der Waals surface area contributed by atoms with Crippen molar-refractivity contribution in [2.24, 2.45) is 7.05 Å². The van der Waals surface area contributed by atoms with Gasteiger partial charge in [0.05, 0.1) is 4.92 Å². The summed E-state index contributed by atoms with van der Waals surface area (Å²) < 4.78 is 1.60. The minimum absolute atomic E-state index is 0.137. The SMILES string of the molecule is CCCc1nn(C)c(N(C)CCNC)c1[N+](=O)[O-]. The van der Waals surface area contributed by atoms with Gasteiger partial charge in [-0.15, -0.1) is 0 Å². The van der Waals surface area contributed by atoms with Crippen molar-refractivity contribution in [1.29, 1.82) is 0 Å². The van der Waals surface area contributed by atoms with Gasteiger partial charge in [0.2, 0.25) is 5.82 Å². The molecular weight excluding hydrogens is 234 g/mol. The maximum absolute atomic E-state index is 11.2. The van der Waals surface area contributed by atoms with Crippen molar-refractivity contribution in [3.05, 3.63) is 15.8 Å². The number of nitro groups is 1. The maximum Gasteiger partial charge on any atom is 0.334 e. The standard InChI is InChI=1S/C11H21N5O2/c1-5-6-9-10(16(17)18)11(15(4)13-9)14(3)8-7-12-2/h12H,5-8H2,1-4H3. The fourth-order valence-electron chi connectivity index (χ4n) is 1.96. The lowest BCUT2D eigenvalue weighted by Crippen LogP contribution is -2.29. The quantitative estimate of drug-likeness (QED) is 0.579. The highest BCUT2D eigenvalue weighted by molar-refractivity contribution is 5.61. The van der Waals surface area contributed by atoms with Gasteiger partial charge < -0.3 is 10.2 Å². The number of rotatable bonds is 7. The Bertz CT molecular complexity index is 416. The molecule has 0 aliphatic carbocycles. The van der Waals surface area contributed by atoms with E-state index in [9.17, 15) is 10.1 Å². The summed E-state index contributed by atoms with van der Waals surface area (Å²) in [4.78, 5) is 12.8. The largest absolute Gasteiger partial charge is 0.353 e. The lowest BCUT2D eigenvalue weighted by Gasteiger charge is -2.17. The van der Waals surface area contributed by atoms with Gasteiger partial charge in [0.25, 0.3) is 0 Å². The Labute approximate surface area is 107 Å². The second kappa shape index (κ2) is 6.34. The van der Waals surface area contributed by atoms with Gasteiger partial charge in [-0.05, 0) is 13.5 Å². The molecular formula is C11H21N5O2. The van der Waals surface area contributed by atoms with E-state index in [4.69, 9.17) is 0 Å². The van der Waals surface area contributed by atoms with Crippen molar-refractivity contribution >= 4 is 11.5 Å². The third-order valence-corrected chi connectivity index (χ3v) is 2.79. The van der Waals surface area contributed by atoms with E-state index in [-0.39, 0.29) is 10.6 Å². The van der Waals surface area contributed by atoms with Gasteiger partial charge in [-0.2, -0.15) is 5.10 Å². The average Bonchev–Trinajstić information content (AvgIpc) is 2.63. The molecule has 0 spiro atoms. The number of likely N-dealkylation sites (N-methyl/N-ethyl adjacent to an activating group) is 2. The molecule has 1 heterocycles. The first kappa shape index (κ1) is 14.4. The molecule has 1 aromatic rings. The third kappa shape index (κ3) is 2.98. The van der Waals surface area contributed by atoms with E-state index >= 15 is 0 Å². The molecule has 1 rings (SSSR count). The van der Waals surface area contributed by atoms with Crippen molar-refractivity contribution in [2.45, 2.75) is 19.8 Å². The summed E-state index contributed by atoms with van der Waals surface area (Å²) in [7, 11) is 5.45. The van der Waals surface area contributed by atoms with Crippen LogP contribution in [0.15, 0.2) is 0 Å². The number of hydrogen-bond donors (Lipinski definition) is 1. The molecule has 0 aliphatic rings. The van der Waals surface area contributed by atoms with Crippen LogP contribution in [-0.4, -0.2) is 41.9 Å². The normalized spacial score (nSPS) is 10.7. The highest BCUT2D eigenvalue weighted by Gasteiger charge is 2.28. The minimum atomic E-state index is -0.330. The van der Waals surface area contributed by atoms with Crippen molar-refractivity contribution in [3.8, 4) is 0 Å². The molecule has 0 radical (unpaired) electrons. The Morgan fingerprint density at radius 2 is 2.22 bits per heavy atom. The summed E-state index contributed by atoms with van der Waals surface area (Å²) in [5.74, 6) is 0.568. The Kier molecular flexibility index (Phi) is 5.08. The number of nitrogens with one attached hydrogen (secondary N) is 1. The molecule has 7 nitrogen and oxygen atoms in total. The first-order valence-corrected chi connectivity index (χ1v) is 6.08. The first-order valence-electron chi connectivity index (χ1n) is 6.08. The molecule has 0 aliphatic heterocycles. The van der Waals surface area contributed by atoms with E-state index in [1.54, 1.807) is 11.7 Å². The summed E-state index contributed by atoms with van der Waals surface area (Å²) in [5, 5.41) is 18.5. The van der Waals surface area contributed by atoms with E-state index in [1.165, 1.54) is 0 Å². The minimum Gasteiger partial charge on any atom is -0.353 e. The molecule has 7 heteroatoms. The fraction of sp³-hybridized carbons (Fsp3) is 0.727. The van der Waals surface area contributed by atoms with Crippen molar-refractivity contribution in [2.75, 3.05) is 32.1 Å². The van der Waals surface area contributed by atoms with Crippen LogP contribution in [0.4, 0.5) is 11.5 Å². The summed E-state index contributed by atoms with van der Waals surface area (Å²) in [6.45, 7) is 3.45. The zero-order valence-corrected chi connectivity index (χ0v) is 11.4. The number of aryl methyl sites for hydroxylation is 2. The number of nitrogens with zero attached hydrogens (tertiary/aromatic N) is 4. The molecule has 0 amide bonds. The van der Waals surface area contributed by atoms with Crippen LogP contribution in [0.2, 0.25) is 0 Å². The molecule has 0 saturated heterocycles. The summed E-state index contributed by atoms with van der Waals surface area (Å²) >= 11 is 0. The summed E-state index contributed by atoms with van der Waals surface area (Å²) in [6.07, 6.45) is 1.47. The monoisotopic (exact) mass is 255 g/mol. The zero-order valence-electron chi connectivity index (χ0n) is 11.4. The van der Waals surface area contributed by atoms with E-state index in [2.05, 4.69) is 10.4 Å². The Balaban J connectivity index is 3.12. The molecule has 1 aromatic heterocycles. The lowest BCUT2D eigenvalue weighted by molar-refractivity contribution is -0.384. The molecule has 0 bridgehead atoms. The van der Waals surface area contributed by atoms with Crippen molar-refractivity contribution < 1.29 is 4.92 Å². The Morgan fingerprint density at radius 1 is 1.56 bits per heavy atom. The summed E-state index contributed by atoms with van der Waals surface area (Å²) in [6, 6.07) is 0. The van der Waals surface area contributed by atoms with Gasteiger partial charge in [-0.25, -0.2) is 4.68 Å². The van der Waals surface area contributed by atoms with E-state index in [0.717, 1.165) is 13.0 Å². The first-order chi connectivity index (χ1) is 8.52. The predicted octanol–water partition coefficient (Wildman–Crippen LogP) is 0.936. The second-order valence-corrected chi connectivity index (χ2v) is 4.27. The van der Waals surface area contributed by atoms with Crippen LogP contribution < -0.4 is 10.2 Å². The van der Waals surface area contributed by atoms with Gasteiger partial charge in [0.15, 0.2) is 0 Å². The van der Waals surface area contributed by atoms with Crippen LogP contribution >= 0.6 is 0 Å². The van der Waals surface area contributed by atoms with Crippen LogP contribution in [-0.2, 0) is 13.5 Å². The van der Waals surface area contributed by atoms with Gasteiger partial charge in [0.1, 0.15) is 5.69 Å². The van der Waals surface area contributed by atoms with Gasteiger partial charge >= 0.3 is 5.69 Å². The number of aromatic nitrogens is 2. The molecule has 0 atom stereocenters. The molecule has 18 heavy (non-hydrogen) atoms. The van der Waals surface area contributed by atoms with Gasteiger partial charge in [0, 0.05) is 27.2 Å². The van der Waals surface area contributed by atoms with Gasteiger partial charge in [-0.1, -0.05) is 13.3 Å². The van der Waals surface area contributed by atoms with Gasteiger partial charge in [-0.3, -0.25) is 10.1 Å². The van der Waals surface area contributed by atoms with Crippen LogP contribution in [0.3, 0.4) is 0 Å². The Morgan fingerprint density at radius 3 is 2.72 bits per heavy atom. The van der Waals surface area contributed by atoms with Crippen LogP contribution in [0.25, 0.3) is 0 Å². The second-order valence-electron chi connectivity index (χ2n) is 4.27. The molecule has 0 unspecified atom stereocenters. The zero-order chi connectivity index (χ0) is 13.7. The fourth-order valence-corrected chi connectivity index (χ4v) is 1.96. The maximum atomic E-state index is 11.2. The smallest absolute Gasteiger partial charge is 0.334 e.